The summed E-state index contributed by atoms with van der Waals surface area (Å²) in [6, 6.07) is 6.15. The second kappa shape index (κ2) is 3.93. The van der Waals surface area contributed by atoms with E-state index in [9.17, 15) is 0 Å². The molecule has 0 aliphatic heterocycles. The van der Waals surface area contributed by atoms with Crippen molar-refractivity contribution in [1.29, 1.82) is 0 Å². The predicted octanol–water partition coefficient (Wildman–Crippen LogP) is 4.90. The van der Waals surface area contributed by atoms with Crippen LogP contribution in [0.1, 0.15) is 5.56 Å². The first-order chi connectivity index (χ1) is 6.22. The van der Waals surface area contributed by atoms with Gasteiger partial charge in [-0.1, -0.05) is 11.6 Å². The summed E-state index contributed by atoms with van der Waals surface area (Å²) >= 11 is 15.7. The SMILES string of the molecule is ClCc1c(I)ccc2sc(Cl)cc12. The summed E-state index contributed by atoms with van der Waals surface area (Å²) in [5, 5.41) is 1.19. The molecule has 1 aromatic heterocycles. The van der Waals surface area contributed by atoms with E-state index in [1.54, 1.807) is 11.3 Å². The van der Waals surface area contributed by atoms with Gasteiger partial charge in [0.25, 0.3) is 0 Å². The van der Waals surface area contributed by atoms with E-state index >= 15 is 0 Å². The fourth-order valence-electron chi connectivity index (χ4n) is 1.25. The number of thiophene rings is 1. The maximum atomic E-state index is 5.94. The van der Waals surface area contributed by atoms with Crippen LogP contribution in [0.25, 0.3) is 10.1 Å². The van der Waals surface area contributed by atoms with Crippen LogP contribution in [0, 0.1) is 3.57 Å². The van der Waals surface area contributed by atoms with E-state index in [4.69, 9.17) is 23.2 Å². The normalized spacial score (nSPS) is 11.0. The van der Waals surface area contributed by atoms with Gasteiger partial charge in [0.2, 0.25) is 0 Å². The van der Waals surface area contributed by atoms with E-state index in [-0.39, 0.29) is 0 Å². The van der Waals surface area contributed by atoms with Crippen molar-refractivity contribution in [2.24, 2.45) is 0 Å². The molecule has 0 spiro atoms. The Hall–Kier alpha value is 0.490. The number of hydrogen-bond donors (Lipinski definition) is 0. The van der Waals surface area contributed by atoms with E-state index in [0.717, 1.165) is 4.34 Å². The highest BCUT2D eigenvalue weighted by Crippen LogP contribution is 2.34. The summed E-state index contributed by atoms with van der Waals surface area (Å²) in [5.74, 6) is 0.544. The lowest BCUT2D eigenvalue weighted by molar-refractivity contribution is 1.42. The van der Waals surface area contributed by atoms with Crippen LogP contribution in [-0.4, -0.2) is 0 Å². The molecule has 0 aliphatic carbocycles. The van der Waals surface area contributed by atoms with Gasteiger partial charge in [0.1, 0.15) is 0 Å². The molecule has 2 aromatic rings. The van der Waals surface area contributed by atoms with Crippen LogP contribution < -0.4 is 0 Å². The second-order valence-corrected chi connectivity index (χ2v) is 5.77. The topological polar surface area (TPSA) is 0 Å². The number of rotatable bonds is 1. The maximum absolute atomic E-state index is 5.94. The van der Waals surface area contributed by atoms with Crippen LogP contribution in [0.5, 0.6) is 0 Å². The first-order valence-electron chi connectivity index (χ1n) is 3.65. The highest BCUT2D eigenvalue weighted by Gasteiger charge is 2.07. The van der Waals surface area contributed by atoms with Gasteiger partial charge in [0.05, 0.1) is 4.34 Å². The zero-order valence-corrected chi connectivity index (χ0v) is 11.0. The third-order valence-electron chi connectivity index (χ3n) is 1.86. The molecule has 0 saturated heterocycles. The molecular weight excluding hydrogens is 338 g/mol. The van der Waals surface area contributed by atoms with Gasteiger partial charge in [-0.3, -0.25) is 0 Å². The van der Waals surface area contributed by atoms with Gasteiger partial charge in [-0.2, -0.15) is 0 Å². The quantitative estimate of drug-likeness (QED) is 0.511. The van der Waals surface area contributed by atoms with Gasteiger partial charge in [-0.15, -0.1) is 22.9 Å². The second-order valence-electron chi connectivity index (χ2n) is 2.62. The highest BCUT2D eigenvalue weighted by molar-refractivity contribution is 14.1. The van der Waals surface area contributed by atoms with Crippen LogP contribution in [0.15, 0.2) is 18.2 Å². The molecule has 0 nitrogen and oxygen atoms in total. The molecule has 1 aromatic carbocycles. The molecule has 4 heteroatoms. The third kappa shape index (κ3) is 1.82. The third-order valence-corrected chi connectivity index (χ3v) is 4.37. The smallest absolute Gasteiger partial charge is 0.0940 e. The minimum Gasteiger partial charge on any atom is -0.123 e. The predicted molar refractivity (Wildman–Crippen MR) is 69.1 cm³/mol. The van der Waals surface area contributed by atoms with E-state index in [0.29, 0.717) is 5.88 Å². The summed E-state index contributed by atoms with van der Waals surface area (Å²) in [5.41, 5.74) is 1.18. The van der Waals surface area contributed by atoms with Crippen molar-refractivity contribution in [3.05, 3.63) is 31.7 Å². The molecule has 0 amide bonds. The van der Waals surface area contributed by atoms with E-state index in [1.807, 2.05) is 6.07 Å². The van der Waals surface area contributed by atoms with Crippen molar-refractivity contribution in [3.63, 3.8) is 0 Å². The Morgan fingerprint density at radius 2 is 2.15 bits per heavy atom. The lowest BCUT2D eigenvalue weighted by Gasteiger charge is -2.00. The summed E-state index contributed by atoms with van der Waals surface area (Å²) in [6.07, 6.45) is 0. The van der Waals surface area contributed by atoms with E-state index in [1.165, 1.54) is 19.2 Å². The molecule has 0 N–H and O–H groups in total. The van der Waals surface area contributed by atoms with Crippen molar-refractivity contribution in [1.82, 2.24) is 0 Å². The Kier molecular flexibility index (Phi) is 3.03. The van der Waals surface area contributed by atoms with E-state index < -0.39 is 0 Å². The zero-order valence-electron chi connectivity index (χ0n) is 6.48. The maximum Gasteiger partial charge on any atom is 0.0940 e. The van der Waals surface area contributed by atoms with Crippen LogP contribution in [0.3, 0.4) is 0 Å². The lowest BCUT2D eigenvalue weighted by atomic mass is 10.1. The van der Waals surface area contributed by atoms with Crippen LogP contribution in [0.2, 0.25) is 4.34 Å². The summed E-state index contributed by atoms with van der Waals surface area (Å²) in [7, 11) is 0. The molecule has 0 aliphatic rings. The molecule has 1 heterocycles. The summed E-state index contributed by atoms with van der Waals surface area (Å²) < 4.78 is 3.24. The fraction of sp³-hybridized carbons (Fsp3) is 0.111. The van der Waals surface area contributed by atoms with Gasteiger partial charge in [-0.05, 0) is 51.7 Å². The van der Waals surface area contributed by atoms with Crippen LogP contribution >= 0.6 is 57.1 Å². The number of hydrogen-bond acceptors (Lipinski definition) is 1. The first kappa shape index (κ1) is 10.0. The van der Waals surface area contributed by atoms with Crippen molar-refractivity contribution in [2.45, 2.75) is 5.88 Å². The first-order valence-corrected chi connectivity index (χ1v) is 6.45. The Bertz CT molecular complexity index is 450. The van der Waals surface area contributed by atoms with Gasteiger partial charge in [0, 0.05) is 14.2 Å². The van der Waals surface area contributed by atoms with Gasteiger partial charge >= 0.3 is 0 Å². The monoisotopic (exact) mass is 342 g/mol. The fourth-order valence-corrected chi connectivity index (χ4v) is 3.60. The number of benzene rings is 1. The highest BCUT2D eigenvalue weighted by atomic mass is 127. The van der Waals surface area contributed by atoms with Gasteiger partial charge in [0.15, 0.2) is 0 Å². The molecule has 0 atom stereocenters. The van der Waals surface area contributed by atoms with Crippen molar-refractivity contribution >= 4 is 67.2 Å². The van der Waals surface area contributed by atoms with Crippen LogP contribution in [0.4, 0.5) is 0 Å². The number of halogens is 3. The zero-order chi connectivity index (χ0) is 9.42. The summed E-state index contributed by atoms with van der Waals surface area (Å²) in [4.78, 5) is 0. The molecule has 0 radical (unpaired) electrons. The van der Waals surface area contributed by atoms with Crippen LogP contribution in [-0.2, 0) is 5.88 Å². The van der Waals surface area contributed by atoms with Crippen molar-refractivity contribution < 1.29 is 0 Å². The molecular formula is C9H5Cl2IS. The minimum absolute atomic E-state index is 0.544. The Balaban J connectivity index is 2.82. The number of alkyl halides is 1. The van der Waals surface area contributed by atoms with Gasteiger partial charge in [-0.25, -0.2) is 0 Å². The average Bonchev–Trinajstić information content (AvgIpc) is 2.45. The molecule has 13 heavy (non-hydrogen) atoms. The molecule has 0 unspecified atom stereocenters. The molecule has 0 saturated carbocycles. The lowest BCUT2D eigenvalue weighted by Crippen LogP contribution is -1.83. The average molecular weight is 343 g/mol. The molecule has 68 valence electrons. The summed E-state index contributed by atoms with van der Waals surface area (Å²) in [6.45, 7) is 0. The Labute approximate surface area is 104 Å². The molecule has 0 bridgehead atoms. The minimum atomic E-state index is 0.544. The Morgan fingerprint density at radius 1 is 1.38 bits per heavy atom. The largest absolute Gasteiger partial charge is 0.123 e. The number of fused-ring (bicyclic) bond motifs is 1. The Morgan fingerprint density at radius 3 is 2.85 bits per heavy atom. The van der Waals surface area contributed by atoms with E-state index in [2.05, 4.69) is 34.7 Å². The molecule has 2 rings (SSSR count). The standard InChI is InChI=1S/C9H5Cl2IS/c10-4-6-5-3-9(11)13-8(5)2-1-7(6)12/h1-3H,4H2. The van der Waals surface area contributed by atoms with Crippen molar-refractivity contribution in [3.8, 4) is 0 Å². The van der Waals surface area contributed by atoms with Crippen molar-refractivity contribution in [2.75, 3.05) is 0 Å². The molecule has 0 fully saturated rings. The van der Waals surface area contributed by atoms with Gasteiger partial charge < -0.3 is 0 Å².